The molecule has 0 saturated carbocycles. The van der Waals surface area contributed by atoms with Gasteiger partial charge in [-0.25, -0.2) is 13.8 Å². The Morgan fingerprint density at radius 2 is 1.97 bits per heavy atom. The molecule has 0 bridgehead atoms. The molecule has 184 valence electrons. The van der Waals surface area contributed by atoms with Crippen molar-refractivity contribution in [3.8, 4) is 0 Å². The molecule has 1 fully saturated rings. The molecule has 1 saturated heterocycles. The minimum atomic E-state index is -4.60. The van der Waals surface area contributed by atoms with Crippen LogP contribution >= 0.6 is 0 Å². The number of alkyl halides is 3. The number of likely N-dealkylation sites (tertiary alicyclic amines) is 1. The number of nitrogens with one attached hydrogen (secondary N) is 2. The molecule has 1 aromatic heterocycles. The average Bonchev–Trinajstić information content (AvgIpc) is 3.11. The van der Waals surface area contributed by atoms with Gasteiger partial charge in [-0.05, 0) is 56.6 Å². The third-order valence-corrected chi connectivity index (χ3v) is 6.81. The Balaban J connectivity index is 0.00000408. The van der Waals surface area contributed by atoms with Gasteiger partial charge < -0.3 is 10.2 Å². The number of urea groups is 1. The van der Waals surface area contributed by atoms with Gasteiger partial charge in [0.1, 0.15) is 0 Å². The van der Waals surface area contributed by atoms with E-state index in [0.717, 1.165) is 29.4 Å². The van der Waals surface area contributed by atoms with Gasteiger partial charge in [0.05, 0.1) is 23.5 Å². The van der Waals surface area contributed by atoms with Crippen LogP contribution in [0.5, 0.6) is 0 Å². The standard InChI is InChI=1S/C20H27F3N6O3S.Na.H/c1-4-14-8-15(20(21,22)23)10-16(9-14)25-19(30)26-33(31,32)29(18-11-24-28(3)13-18)17-6-5-7-27(2)12-17;;/h8-11,13,17H,4-7,12H2,1-3H3,(H2,25,26,30);;. The number of halogens is 3. The number of hydrogen-bond acceptors (Lipinski definition) is 5. The van der Waals surface area contributed by atoms with E-state index in [1.54, 1.807) is 14.0 Å². The summed E-state index contributed by atoms with van der Waals surface area (Å²) < 4.78 is 70.5. The fourth-order valence-corrected chi connectivity index (χ4v) is 5.17. The van der Waals surface area contributed by atoms with Crippen LogP contribution in [0.2, 0.25) is 0 Å². The van der Waals surface area contributed by atoms with Crippen molar-refractivity contribution in [3.63, 3.8) is 0 Å². The summed E-state index contributed by atoms with van der Waals surface area (Å²) in [7, 11) is -0.876. The number of carbonyl (C=O) groups excluding carboxylic acids is 1. The van der Waals surface area contributed by atoms with Crippen LogP contribution in [-0.4, -0.2) is 84.9 Å². The van der Waals surface area contributed by atoms with Crippen molar-refractivity contribution in [3.05, 3.63) is 41.7 Å². The van der Waals surface area contributed by atoms with Crippen LogP contribution in [0.25, 0.3) is 0 Å². The molecule has 1 aromatic carbocycles. The maximum absolute atomic E-state index is 13.2. The molecule has 14 heteroatoms. The van der Waals surface area contributed by atoms with Crippen molar-refractivity contribution in [2.24, 2.45) is 7.05 Å². The minimum absolute atomic E-state index is 0. The number of aromatic nitrogens is 2. The SMILES string of the molecule is CCc1cc(NC(=O)NS(=O)(=O)N(c2cnn(C)c2)C2CCCN(C)C2)cc(C(F)(F)F)c1.[NaH]. The molecular formula is C20H28F3N6NaO3S. The number of rotatable bonds is 6. The van der Waals surface area contributed by atoms with E-state index >= 15 is 0 Å². The summed E-state index contributed by atoms with van der Waals surface area (Å²) in [5.41, 5.74) is -0.447. The van der Waals surface area contributed by atoms with Gasteiger partial charge >= 0.3 is 52.0 Å². The Kier molecular flexibility index (Phi) is 9.44. The quantitative estimate of drug-likeness (QED) is 0.579. The number of benzene rings is 1. The number of nitrogens with zero attached hydrogens (tertiary/aromatic N) is 4. The molecule has 1 aliphatic heterocycles. The van der Waals surface area contributed by atoms with Crippen LogP contribution in [0.4, 0.5) is 29.3 Å². The van der Waals surface area contributed by atoms with E-state index in [1.165, 1.54) is 23.1 Å². The van der Waals surface area contributed by atoms with Gasteiger partial charge in [-0.2, -0.15) is 26.7 Å². The first-order chi connectivity index (χ1) is 15.4. The van der Waals surface area contributed by atoms with Crippen LogP contribution < -0.4 is 14.3 Å². The van der Waals surface area contributed by atoms with Crippen molar-refractivity contribution >= 4 is 57.2 Å². The van der Waals surface area contributed by atoms with Gasteiger partial charge in [-0.15, -0.1) is 0 Å². The van der Waals surface area contributed by atoms with Crippen molar-refractivity contribution in [2.45, 2.75) is 38.4 Å². The number of carbonyl (C=O) groups is 1. The third kappa shape index (κ3) is 7.11. The van der Waals surface area contributed by atoms with Crippen LogP contribution in [-0.2, 0) is 29.9 Å². The van der Waals surface area contributed by atoms with Gasteiger partial charge in [-0.3, -0.25) is 4.68 Å². The van der Waals surface area contributed by atoms with Gasteiger partial charge in [-0.1, -0.05) is 6.92 Å². The monoisotopic (exact) mass is 512 g/mol. The van der Waals surface area contributed by atoms with E-state index < -0.39 is 34.0 Å². The number of hydrogen-bond donors (Lipinski definition) is 2. The zero-order chi connectivity index (χ0) is 24.4. The molecule has 1 unspecified atom stereocenters. The van der Waals surface area contributed by atoms with E-state index in [-0.39, 0.29) is 40.9 Å². The number of anilines is 2. The van der Waals surface area contributed by atoms with Crippen molar-refractivity contribution in [1.29, 1.82) is 0 Å². The topological polar surface area (TPSA) is 99.6 Å². The van der Waals surface area contributed by atoms with Gasteiger partial charge in [0.15, 0.2) is 0 Å². The number of piperidine rings is 1. The van der Waals surface area contributed by atoms with Crippen LogP contribution in [0.3, 0.4) is 0 Å². The second-order valence-corrected chi connectivity index (χ2v) is 9.61. The van der Waals surface area contributed by atoms with E-state index in [9.17, 15) is 26.4 Å². The predicted molar refractivity (Wildman–Crippen MR) is 125 cm³/mol. The number of likely N-dealkylation sites (N-methyl/N-ethyl adjacent to an activating group) is 1. The van der Waals surface area contributed by atoms with Crippen LogP contribution in [0.15, 0.2) is 30.6 Å². The van der Waals surface area contributed by atoms with Crippen molar-refractivity contribution < 1.29 is 26.4 Å². The summed E-state index contributed by atoms with van der Waals surface area (Å²) in [4.78, 5) is 14.5. The molecule has 0 spiro atoms. The fraction of sp³-hybridized carbons (Fsp3) is 0.500. The summed E-state index contributed by atoms with van der Waals surface area (Å²) in [6.07, 6.45) is -0.0478. The second-order valence-electron chi connectivity index (χ2n) is 8.06. The van der Waals surface area contributed by atoms with Crippen LogP contribution in [0, 0.1) is 0 Å². The Labute approximate surface area is 219 Å². The molecule has 3 rings (SSSR count). The molecular weight excluding hydrogens is 484 g/mol. The molecule has 2 heterocycles. The zero-order valence-electron chi connectivity index (χ0n) is 18.6. The maximum atomic E-state index is 13.2. The summed E-state index contributed by atoms with van der Waals surface area (Å²) in [6.45, 7) is 2.95. The molecule has 34 heavy (non-hydrogen) atoms. The molecule has 2 aromatic rings. The molecule has 0 aliphatic carbocycles. The Morgan fingerprint density at radius 1 is 1.26 bits per heavy atom. The Morgan fingerprint density at radius 3 is 2.53 bits per heavy atom. The first-order valence-corrected chi connectivity index (χ1v) is 11.8. The Hall–Kier alpha value is -1.80. The van der Waals surface area contributed by atoms with Gasteiger partial charge in [0.25, 0.3) is 0 Å². The summed E-state index contributed by atoms with van der Waals surface area (Å²) in [6, 6.07) is 1.52. The summed E-state index contributed by atoms with van der Waals surface area (Å²) >= 11 is 0. The number of aryl methyl sites for hydroxylation is 2. The van der Waals surface area contributed by atoms with E-state index in [0.29, 0.717) is 24.9 Å². The van der Waals surface area contributed by atoms with E-state index in [2.05, 4.69) is 10.4 Å². The Bertz CT molecular complexity index is 1110. The van der Waals surface area contributed by atoms with E-state index in [1.807, 2.05) is 16.7 Å². The van der Waals surface area contributed by atoms with Crippen molar-refractivity contribution in [1.82, 2.24) is 19.4 Å². The predicted octanol–water partition coefficient (Wildman–Crippen LogP) is 2.32. The molecule has 2 N–H and O–H groups in total. The third-order valence-electron chi connectivity index (χ3n) is 5.34. The summed E-state index contributed by atoms with van der Waals surface area (Å²) in [5, 5.41) is 6.25. The number of amides is 2. The average molecular weight is 513 g/mol. The molecule has 9 nitrogen and oxygen atoms in total. The molecule has 1 atom stereocenters. The normalized spacial score (nSPS) is 17.1. The molecule has 2 amide bonds. The molecule has 0 radical (unpaired) electrons. The van der Waals surface area contributed by atoms with Crippen molar-refractivity contribution in [2.75, 3.05) is 29.8 Å². The first kappa shape index (κ1) is 28.4. The first-order valence-electron chi connectivity index (χ1n) is 10.4. The van der Waals surface area contributed by atoms with Gasteiger partial charge in [0, 0.05) is 25.5 Å². The van der Waals surface area contributed by atoms with E-state index in [4.69, 9.17) is 0 Å². The van der Waals surface area contributed by atoms with Crippen LogP contribution in [0.1, 0.15) is 30.9 Å². The zero-order valence-corrected chi connectivity index (χ0v) is 19.4. The summed E-state index contributed by atoms with van der Waals surface area (Å²) in [5.74, 6) is 0. The molecule has 1 aliphatic rings. The second kappa shape index (κ2) is 11.3. The van der Waals surface area contributed by atoms with Gasteiger partial charge in [0.2, 0.25) is 0 Å². The fourth-order valence-electron chi connectivity index (χ4n) is 3.85.